The fourth-order valence-corrected chi connectivity index (χ4v) is 1.37. The van der Waals surface area contributed by atoms with Crippen molar-refractivity contribution in [2.45, 2.75) is 27.2 Å². The van der Waals surface area contributed by atoms with Gasteiger partial charge in [-0.2, -0.15) is 0 Å². The number of carbonyl (C=O) groups excluding carboxylic acids is 1. The average molecular weight is 229 g/mol. The van der Waals surface area contributed by atoms with E-state index in [2.05, 4.69) is 4.74 Å². The lowest BCUT2D eigenvalue weighted by molar-refractivity contribution is -0.144. The van der Waals surface area contributed by atoms with Gasteiger partial charge in [0.05, 0.1) is 18.6 Å². The second-order valence-electron chi connectivity index (χ2n) is 4.09. The minimum atomic E-state index is -1.09. The van der Waals surface area contributed by atoms with Gasteiger partial charge in [0.2, 0.25) is 0 Å². The first-order chi connectivity index (χ1) is 7.31. The zero-order valence-corrected chi connectivity index (χ0v) is 10.1. The van der Waals surface area contributed by atoms with Crippen LogP contribution in [0.3, 0.4) is 0 Å². The molecule has 16 heavy (non-hydrogen) atoms. The number of rotatable bonds is 5. The Balaban J connectivity index is 5.21. The lowest BCUT2D eigenvalue weighted by atomic mass is 9.95. The molecule has 1 unspecified atom stereocenters. The van der Waals surface area contributed by atoms with Gasteiger partial charge in [-0.05, 0) is 19.3 Å². The predicted molar refractivity (Wildman–Crippen MR) is 59.5 cm³/mol. The van der Waals surface area contributed by atoms with Crippen molar-refractivity contribution in [3.63, 3.8) is 0 Å². The highest BCUT2D eigenvalue weighted by atomic mass is 16.5. The molecule has 0 heterocycles. The summed E-state index contributed by atoms with van der Waals surface area (Å²) in [6, 6.07) is 0. The van der Waals surface area contributed by atoms with Gasteiger partial charge < -0.3 is 15.6 Å². The molecule has 1 atom stereocenters. The van der Waals surface area contributed by atoms with Crippen LogP contribution < -0.4 is 5.73 Å². The van der Waals surface area contributed by atoms with Crippen LogP contribution in [0.1, 0.15) is 27.2 Å². The second kappa shape index (κ2) is 6.15. The molecule has 0 rings (SSSR count). The molecule has 0 spiro atoms. The standard InChI is InChI=1S/C11H19NO4/c1-6(2)5-8(12)9(11(15)16-4)7(3)10(13)14/h6-7H,5,12H2,1-4H3,(H,13,14). The van der Waals surface area contributed by atoms with E-state index in [1.54, 1.807) is 0 Å². The topological polar surface area (TPSA) is 89.6 Å². The summed E-state index contributed by atoms with van der Waals surface area (Å²) in [6.45, 7) is 5.29. The zero-order chi connectivity index (χ0) is 12.9. The van der Waals surface area contributed by atoms with E-state index in [1.165, 1.54) is 14.0 Å². The molecule has 0 aliphatic rings. The molecule has 0 radical (unpaired) electrons. The van der Waals surface area contributed by atoms with E-state index in [-0.39, 0.29) is 17.2 Å². The molecule has 0 aliphatic heterocycles. The number of hydrogen-bond donors (Lipinski definition) is 2. The normalized spacial score (nSPS) is 14.3. The minimum Gasteiger partial charge on any atom is -0.481 e. The summed E-state index contributed by atoms with van der Waals surface area (Å²) < 4.78 is 4.55. The van der Waals surface area contributed by atoms with Crippen molar-refractivity contribution in [1.82, 2.24) is 0 Å². The van der Waals surface area contributed by atoms with Crippen LogP contribution >= 0.6 is 0 Å². The largest absolute Gasteiger partial charge is 0.481 e. The number of carboxylic acid groups (broad SMARTS) is 1. The Labute approximate surface area is 95.3 Å². The first-order valence-electron chi connectivity index (χ1n) is 5.10. The Morgan fingerprint density at radius 1 is 1.31 bits per heavy atom. The summed E-state index contributed by atoms with van der Waals surface area (Å²) in [6.07, 6.45) is 0.474. The molecule has 0 saturated carbocycles. The minimum absolute atomic E-state index is 0.0451. The molecule has 0 amide bonds. The molecule has 0 aromatic heterocycles. The Kier molecular flexibility index (Phi) is 5.56. The van der Waals surface area contributed by atoms with Gasteiger partial charge in [0.1, 0.15) is 0 Å². The van der Waals surface area contributed by atoms with Crippen LogP contribution in [0.2, 0.25) is 0 Å². The van der Waals surface area contributed by atoms with Crippen LogP contribution in [0.5, 0.6) is 0 Å². The number of methoxy groups -OCH3 is 1. The zero-order valence-electron chi connectivity index (χ0n) is 10.1. The number of nitrogens with two attached hydrogens (primary N) is 1. The van der Waals surface area contributed by atoms with Crippen LogP contribution in [-0.4, -0.2) is 24.2 Å². The van der Waals surface area contributed by atoms with Gasteiger partial charge in [-0.25, -0.2) is 4.79 Å². The summed E-state index contributed by atoms with van der Waals surface area (Å²) in [5, 5.41) is 8.88. The van der Waals surface area contributed by atoms with Crippen molar-refractivity contribution in [3.05, 3.63) is 11.3 Å². The second-order valence-corrected chi connectivity index (χ2v) is 4.09. The quantitative estimate of drug-likeness (QED) is 0.545. The first-order valence-corrected chi connectivity index (χ1v) is 5.10. The average Bonchev–Trinajstić information content (AvgIpc) is 2.16. The molecular formula is C11H19NO4. The molecule has 3 N–H and O–H groups in total. The molecule has 0 bridgehead atoms. The maximum Gasteiger partial charge on any atom is 0.336 e. The van der Waals surface area contributed by atoms with Gasteiger partial charge in [0, 0.05) is 5.70 Å². The Bertz CT molecular complexity index is 307. The van der Waals surface area contributed by atoms with Gasteiger partial charge in [0.15, 0.2) is 0 Å². The van der Waals surface area contributed by atoms with E-state index in [0.29, 0.717) is 6.42 Å². The SMILES string of the molecule is COC(=O)C(=C(N)CC(C)C)C(C)C(=O)O. The summed E-state index contributed by atoms with van der Waals surface area (Å²) in [5.41, 5.74) is 6.08. The van der Waals surface area contributed by atoms with Gasteiger partial charge in [0.25, 0.3) is 0 Å². The monoisotopic (exact) mass is 229 g/mol. The molecule has 5 nitrogen and oxygen atoms in total. The maximum absolute atomic E-state index is 11.5. The highest BCUT2D eigenvalue weighted by Crippen LogP contribution is 2.19. The summed E-state index contributed by atoms with van der Waals surface area (Å²) in [7, 11) is 1.21. The first kappa shape index (κ1) is 14.5. The third-order valence-corrected chi connectivity index (χ3v) is 2.18. The van der Waals surface area contributed by atoms with Crippen LogP contribution in [0.4, 0.5) is 0 Å². The number of hydrogen-bond acceptors (Lipinski definition) is 4. The maximum atomic E-state index is 11.5. The van der Waals surface area contributed by atoms with Gasteiger partial charge >= 0.3 is 11.9 Å². The number of allylic oxidation sites excluding steroid dienone is 1. The number of carbonyl (C=O) groups is 2. The van der Waals surface area contributed by atoms with Crippen LogP contribution in [-0.2, 0) is 14.3 Å². The van der Waals surface area contributed by atoms with Crippen molar-refractivity contribution in [2.24, 2.45) is 17.6 Å². The highest BCUT2D eigenvalue weighted by Gasteiger charge is 2.26. The number of carboxylic acids is 1. The third-order valence-electron chi connectivity index (χ3n) is 2.18. The van der Waals surface area contributed by atoms with Gasteiger partial charge in [-0.1, -0.05) is 13.8 Å². The third kappa shape index (κ3) is 3.92. The van der Waals surface area contributed by atoms with Crippen LogP contribution in [0.15, 0.2) is 11.3 Å². The van der Waals surface area contributed by atoms with Crippen LogP contribution in [0.25, 0.3) is 0 Å². The lowest BCUT2D eigenvalue weighted by Crippen LogP contribution is -2.24. The van der Waals surface area contributed by atoms with E-state index >= 15 is 0 Å². The van der Waals surface area contributed by atoms with E-state index < -0.39 is 17.9 Å². The van der Waals surface area contributed by atoms with Crippen LogP contribution in [0, 0.1) is 11.8 Å². The molecule has 0 fully saturated rings. The van der Waals surface area contributed by atoms with Crippen molar-refractivity contribution < 1.29 is 19.4 Å². The molecule has 0 aliphatic carbocycles. The van der Waals surface area contributed by atoms with Crippen molar-refractivity contribution in [3.8, 4) is 0 Å². The Hall–Kier alpha value is -1.52. The van der Waals surface area contributed by atoms with Crippen molar-refractivity contribution in [2.75, 3.05) is 7.11 Å². The Morgan fingerprint density at radius 2 is 1.81 bits per heavy atom. The van der Waals surface area contributed by atoms with Crippen molar-refractivity contribution >= 4 is 11.9 Å². The number of esters is 1. The summed E-state index contributed by atoms with van der Waals surface area (Å²) >= 11 is 0. The van der Waals surface area contributed by atoms with Crippen molar-refractivity contribution in [1.29, 1.82) is 0 Å². The van der Waals surface area contributed by atoms with E-state index in [4.69, 9.17) is 10.8 Å². The molecule has 5 heteroatoms. The fourth-order valence-electron chi connectivity index (χ4n) is 1.37. The number of ether oxygens (including phenoxy) is 1. The molecule has 0 aromatic rings. The molecular weight excluding hydrogens is 210 g/mol. The predicted octanol–water partition coefficient (Wildman–Crippen LogP) is 1.14. The van der Waals surface area contributed by atoms with E-state index in [1.807, 2.05) is 13.8 Å². The summed E-state index contributed by atoms with van der Waals surface area (Å²) in [4.78, 5) is 22.3. The van der Waals surface area contributed by atoms with E-state index in [9.17, 15) is 9.59 Å². The molecule has 0 saturated heterocycles. The van der Waals surface area contributed by atoms with Gasteiger partial charge in [-0.15, -0.1) is 0 Å². The van der Waals surface area contributed by atoms with Gasteiger partial charge in [-0.3, -0.25) is 4.79 Å². The van der Waals surface area contributed by atoms with E-state index in [0.717, 1.165) is 0 Å². The molecule has 0 aromatic carbocycles. The summed E-state index contributed by atoms with van der Waals surface area (Å²) in [5.74, 6) is -2.47. The lowest BCUT2D eigenvalue weighted by Gasteiger charge is -2.15. The molecule has 92 valence electrons. The smallest absolute Gasteiger partial charge is 0.336 e. The number of aliphatic carboxylic acids is 1. The highest BCUT2D eigenvalue weighted by molar-refractivity contribution is 5.95. The fraction of sp³-hybridized carbons (Fsp3) is 0.636. The Morgan fingerprint density at radius 3 is 2.12 bits per heavy atom.